The van der Waals surface area contributed by atoms with E-state index in [9.17, 15) is 20.5 Å². The lowest BCUT2D eigenvalue weighted by molar-refractivity contribution is -0.385. The van der Waals surface area contributed by atoms with Crippen molar-refractivity contribution in [3.63, 3.8) is 0 Å². The molecule has 1 aromatic heterocycles. The summed E-state index contributed by atoms with van der Waals surface area (Å²) in [6.07, 6.45) is 1.65. The largest absolute Gasteiger partial charge is 0.506 e. The Morgan fingerprint density at radius 3 is 2.48 bits per heavy atom. The first-order valence-electron chi connectivity index (χ1n) is 7.30. The molecule has 0 saturated carbocycles. The second-order valence-corrected chi connectivity index (χ2v) is 5.09. The van der Waals surface area contributed by atoms with Crippen LogP contribution in [0.15, 0.2) is 66.9 Å². The lowest BCUT2D eigenvalue weighted by atomic mass is 10.1. The fourth-order valence-electron chi connectivity index (χ4n) is 2.38. The Bertz CT molecular complexity index is 1000. The van der Waals surface area contributed by atoms with Crippen molar-refractivity contribution >= 4 is 17.0 Å². The molecule has 0 unspecified atom stereocenters. The van der Waals surface area contributed by atoms with Crippen molar-refractivity contribution in [3.8, 4) is 11.8 Å². The van der Waals surface area contributed by atoms with Gasteiger partial charge in [-0.05, 0) is 24.3 Å². The van der Waals surface area contributed by atoms with Crippen LogP contribution < -0.4 is 0 Å². The number of hydrogen-bond donors (Lipinski definition) is 1. The molecule has 0 fully saturated rings. The molecular formula is C18H12N4O3. The van der Waals surface area contributed by atoms with Crippen LogP contribution in [0.3, 0.4) is 0 Å². The van der Waals surface area contributed by atoms with Crippen LogP contribution in [-0.2, 0) is 0 Å². The van der Waals surface area contributed by atoms with Crippen LogP contribution >= 0.6 is 0 Å². The molecule has 1 N–H and O–H groups in total. The minimum atomic E-state index is -0.608. The van der Waals surface area contributed by atoms with Crippen molar-refractivity contribution in [3.05, 3.63) is 88.2 Å². The molecule has 0 aliphatic rings. The summed E-state index contributed by atoms with van der Waals surface area (Å²) in [5.74, 6) is -0.479. The predicted molar refractivity (Wildman–Crippen MR) is 91.7 cm³/mol. The second kappa shape index (κ2) is 6.68. The van der Waals surface area contributed by atoms with E-state index in [4.69, 9.17) is 0 Å². The van der Waals surface area contributed by atoms with E-state index in [0.29, 0.717) is 0 Å². The molecule has 0 saturated heterocycles. The van der Waals surface area contributed by atoms with Crippen LogP contribution in [0.1, 0.15) is 11.3 Å². The Hall–Kier alpha value is -3.92. The number of allylic oxidation sites excluding steroid dienone is 1. The third-order valence-corrected chi connectivity index (χ3v) is 3.57. The normalized spacial score (nSPS) is 11.5. The monoisotopic (exact) mass is 332 g/mol. The summed E-state index contributed by atoms with van der Waals surface area (Å²) < 4.78 is 1.55. The molecule has 0 atom stereocenters. The number of benzene rings is 2. The van der Waals surface area contributed by atoms with E-state index in [0.717, 1.165) is 5.69 Å². The van der Waals surface area contributed by atoms with Crippen LogP contribution in [0.5, 0.6) is 0 Å². The Morgan fingerprint density at radius 2 is 1.80 bits per heavy atom. The first-order valence-corrected chi connectivity index (χ1v) is 7.30. The van der Waals surface area contributed by atoms with E-state index in [-0.39, 0.29) is 22.5 Å². The zero-order valence-electron chi connectivity index (χ0n) is 12.9. The van der Waals surface area contributed by atoms with Gasteiger partial charge in [-0.2, -0.15) is 10.4 Å². The molecule has 2 aromatic carbocycles. The highest BCUT2D eigenvalue weighted by atomic mass is 16.6. The van der Waals surface area contributed by atoms with Crippen molar-refractivity contribution < 1.29 is 10.0 Å². The molecule has 1 heterocycles. The van der Waals surface area contributed by atoms with Crippen molar-refractivity contribution in [2.75, 3.05) is 0 Å². The fourth-order valence-corrected chi connectivity index (χ4v) is 2.38. The van der Waals surface area contributed by atoms with Crippen LogP contribution in [-0.4, -0.2) is 19.8 Å². The van der Waals surface area contributed by atoms with Gasteiger partial charge >= 0.3 is 0 Å². The third kappa shape index (κ3) is 3.09. The van der Waals surface area contributed by atoms with Gasteiger partial charge in [0.2, 0.25) is 0 Å². The summed E-state index contributed by atoms with van der Waals surface area (Å²) in [4.78, 5) is 10.5. The van der Waals surface area contributed by atoms with Gasteiger partial charge in [0.05, 0.1) is 16.2 Å². The van der Waals surface area contributed by atoms with Crippen molar-refractivity contribution in [2.45, 2.75) is 0 Å². The van der Waals surface area contributed by atoms with Gasteiger partial charge in [0, 0.05) is 12.3 Å². The molecule has 0 amide bonds. The highest BCUT2D eigenvalue weighted by molar-refractivity contribution is 5.94. The fraction of sp³-hybridized carbons (Fsp3) is 0. The van der Waals surface area contributed by atoms with E-state index < -0.39 is 10.7 Å². The average molecular weight is 332 g/mol. The summed E-state index contributed by atoms with van der Waals surface area (Å²) >= 11 is 0. The molecule has 3 aromatic rings. The first-order chi connectivity index (χ1) is 12.1. The zero-order chi connectivity index (χ0) is 17.8. The van der Waals surface area contributed by atoms with Crippen LogP contribution in [0, 0.1) is 21.4 Å². The van der Waals surface area contributed by atoms with Crippen LogP contribution in [0.25, 0.3) is 17.0 Å². The quantitative estimate of drug-likeness (QED) is 0.339. The van der Waals surface area contributed by atoms with Gasteiger partial charge in [0.15, 0.2) is 0 Å². The Labute approximate surface area is 142 Å². The standard InChI is InChI=1S/C18H12N4O3/c19-12-15(18(23)14-8-4-5-9-17(14)22(24)25)16-10-11-21(20-16)13-6-2-1-3-7-13/h1-11,23H. The van der Waals surface area contributed by atoms with E-state index >= 15 is 0 Å². The maximum Gasteiger partial charge on any atom is 0.280 e. The van der Waals surface area contributed by atoms with E-state index in [2.05, 4.69) is 5.10 Å². The maximum atomic E-state index is 11.1. The number of nitriles is 1. The molecule has 122 valence electrons. The molecule has 0 bridgehead atoms. The smallest absolute Gasteiger partial charge is 0.280 e. The summed E-state index contributed by atoms with van der Waals surface area (Å²) in [6, 6.07) is 18.4. The number of nitro benzene ring substituents is 1. The second-order valence-electron chi connectivity index (χ2n) is 5.09. The summed E-state index contributed by atoms with van der Waals surface area (Å²) in [6.45, 7) is 0. The lowest BCUT2D eigenvalue weighted by Gasteiger charge is -2.04. The maximum absolute atomic E-state index is 11.1. The van der Waals surface area contributed by atoms with Gasteiger partial charge in [-0.15, -0.1) is 0 Å². The molecule has 3 rings (SSSR count). The lowest BCUT2D eigenvalue weighted by Crippen LogP contribution is -1.99. The number of nitrogens with zero attached hydrogens (tertiary/aromatic N) is 4. The Kier molecular flexibility index (Phi) is 4.26. The molecule has 0 aliphatic heterocycles. The number of aliphatic hydroxyl groups is 1. The van der Waals surface area contributed by atoms with Crippen molar-refractivity contribution in [2.24, 2.45) is 0 Å². The number of aliphatic hydroxyl groups excluding tert-OH is 1. The molecule has 0 radical (unpaired) electrons. The van der Waals surface area contributed by atoms with Gasteiger partial charge in [0.1, 0.15) is 23.1 Å². The molecule has 25 heavy (non-hydrogen) atoms. The van der Waals surface area contributed by atoms with Gasteiger partial charge in [-0.25, -0.2) is 4.68 Å². The van der Waals surface area contributed by atoms with Crippen molar-refractivity contribution in [1.82, 2.24) is 9.78 Å². The van der Waals surface area contributed by atoms with Crippen LogP contribution in [0.4, 0.5) is 5.69 Å². The number of hydrogen-bond acceptors (Lipinski definition) is 5. The summed E-state index contributed by atoms with van der Waals surface area (Å²) in [7, 11) is 0. The highest BCUT2D eigenvalue weighted by Gasteiger charge is 2.21. The number of para-hydroxylation sites is 2. The predicted octanol–water partition coefficient (Wildman–Crippen LogP) is 3.73. The summed E-state index contributed by atoms with van der Waals surface area (Å²) in [5.41, 5.74) is 0.566. The first kappa shape index (κ1) is 16.0. The minimum absolute atomic E-state index is 0.0293. The molecule has 7 heteroatoms. The zero-order valence-corrected chi connectivity index (χ0v) is 12.9. The van der Waals surface area contributed by atoms with E-state index in [1.807, 2.05) is 36.4 Å². The molecule has 7 nitrogen and oxygen atoms in total. The van der Waals surface area contributed by atoms with Gasteiger partial charge in [-0.3, -0.25) is 10.1 Å². The molecule has 0 aliphatic carbocycles. The molecule has 0 spiro atoms. The van der Waals surface area contributed by atoms with Gasteiger partial charge in [0.25, 0.3) is 5.69 Å². The number of nitro groups is 1. The Morgan fingerprint density at radius 1 is 1.12 bits per heavy atom. The van der Waals surface area contributed by atoms with E-state index in [1.54, 1.807) is 23.0 Å². The average Bonchev–Trinajstić information content (AvgIpc) is 3.12. The van der Waals surface area contributed by atoms with Crippen molar-refractivity contribution in [1.29, 1.82) is 5.26 Å². The topological polar surface area (TPSA) is 105 Å². The number of aromatic nitrogens is 2. The summed E-state index contributed by atoms with van der Waals surface area (Å²) in [5, 5.41) is 35.3. The number of rotatable bonds is 4. The minimum Gasteiger partial charge on any atom is -0.506 e. The van der Waals surface area contributed by atoms with Crippen LogP contribution in [0.2, 0.25) is 0 Å². The third-order valence-electron chi connectivity index (χ3n) is 3.57. The molecular weight excluding hydrogens is 320 g/mol. The SMILES string of the molecule is N#CC(=C(O)c1ccccc1[N+](=O)[O-])c1ccn(-c2ccccc2)n1. The Balaban J connectivity index is 2.09. The van der Waals surface area contributed by atoms with E-state index in [1.165, 1.54) is 18.2 Å². The van der Waals surface area contributed by atoms with Gasteiger partial charge < -0.3 is 5.11 Å². The highest BCUT2D eigenvalue weighted by Crippen LogP contribution is 2.29. The van der Waals surface area contributed by atoms with Gasteiger partial charge in [-0.1, -0.05) is 30.3 Å².